The average molecular weight is 346 g/mol. The van der Waals surface area contributed by atoms with Gasteiger partial charge in [0.05, 0.1) is 19.3 Å². The van der Waals surface area contributed by atoms with Crippen LogP contribution in [0.1, 0.15) is 35.4 Å². The van der Waals surface area contributed by atoms with Crippen molar-refractivity contribution in [3.8, 4) is 0 Å². The van der Waals surface area contributed by atoms with E-state index in [1.54, 1.807) is 33.2 Å². The highest BCUT2D eigenvalue weighted by Gasteiger charge is 2.19. The number of hydrogen-bond acceptors (Lipinski definition) is 4. The summed E-state index contributed by atoms with van der Waals surface area (Å²) in [5.74, 6) is 0.563. The first-order chi connectivity index (χ1) is 11.6. The van der Waals surface area contributed by atoms with Crippen LogP contribution >= 0.6 is 11.3 Å². The second kappa shape index (κ2) is 7.61. The smallest absolute Gasteiger partial charge is 0.245 e. The molecule has 3 rings (SSSR count). The van der Waals surface area contributed by atoms with E-state index in [-0.39, 0.29) is 18.4 Å². The van der Waals surface area contributed by atoms with Gasteiger partial charge in [0.15, 0.2) is 0 Å². The Morgan fingerprint density at radius 3 is 2.96 bits per heavy atom. The average Bonchev–Trinajstić information content (AvgIpc) is 3.09. The Balaban J connectivity index is 1.60. The summed E-state index contributed by atoms with van der Waals surface area (Å²) in [5.41, 5.74) is 0. The molecule has 1 N–H and O–H groups in total. The minimum Gasteiger partial charge on any atom is -0.333 e. The quantitative estimate of drug-likeness (QED) is 0.905. The van der Waals surface area contributed by atoms with Crippen molar-refractivity contribution in [2.24, 2.45) is 0 Å². The summed E-state index contributed by atoms with van der Waals surface area (Å²) in [6.45, 7) is 3.48. The number of likely N-dealkylation sites (tertiary alicyclic amines) is 1. The van der Waals surface area contributed by atoms with E-state index >= 15 is 0 Å². The summed E-state index contributed by atoms with van der Waals surface area (Å²) >= 11 is 1.72. The minimum atomic E-state index is -0.172. The van der Waals surface area contributed by atoms with Gasteiger partial charge in [0.25, 0.3) is 0 Å². The summed E-state index contributed by atoms with van der Waals surface area (Å²) < 4.78 is 1.77. The van der Waals surface area contributed by atoms with Crippen molar-refractivity contribution in [3.05, 3.63) is 34.2 Å². The van der Waals surface area contributed by atoms with Crippen molar-refractivity contribution in [1.29, 1.82) is 0 Å². The van der Waals surface area contributed by atoms with Crippen LogP contribution in [0.5, 0.6) is 0 Å². The van der Waals surface area contributed by atoms with Crippen LogP contribution in [0, 0.1) is 6.92 Å². The molecule has 0 unspecified atom stereocenters. The Labute approximate surface area is 145 Å². The Morgan fingerprint density at radius 2 is 2.17 bits per heavy atom. The number of rotatable bonds is 5. The minimum absolute atomic E-state index is 0.0743. The van der Waals surface area contributed by atoms with Crippen LogP contribution in [0.3, 0.4) is 0 Å². The monoisotopic (exact) mass is 346 g/mol. The molecule has 128 valence electrons. The number of hydrogen-bond donors (Lipinski definition) is 1. The van der Waals surface area contributed by atoms with Gasteiger partial charge in [-0.1, -0.05) is 6.42 Å². The molecule has 6 nitrogen and oxygen atoms in total. The van der Waals surface area contributed by atoms with Crippen molar-refractivity contribution < 1.29 is 9.59 Å². The number of aryl methyl sites for hydroxylation is 1. The van der Waals surface area contributed by atoms with Crippen LogP contribution in [0.15, 0.2) is 24.4 Å². The van der Waals surface area contributed by atoms with E-state index in [0.29, 0.717) is 25.3 Å². The van der Waals surface area contributed by atoms with Gasteiger partial charge in [-0.3, -0.25) is 9.59 Å². The molecule has 0 spiro atoms. The maximum absolute atomic E-state index is 12.3. The van der Waals surface area contributed by atoms with Gasteiger partial charge in [-0.2, -0.15) is 5.10 Å². The van der Waals surface area contributed by atoms with Crippen LogP contribution in [0.4, 0.5) is 5.82 Å². The molecule has 0 aliphatic carbocycles. The SMILES string of the molecule is Cc1ccc(Cn2nccc2NC(=O)CN2CCCCCC2=O)s1. The Kier molecular flexibility index (Phi) is 5.30. The summed E-state index contributed by atoms with van der Waals surface area (Å²) in [6.07, 6.45) is 5.16. The topological polar surface area (TPSA) is 67.2 Å². The molecule has 0 bridgehead atoms. The van der Waals surface area contributed by atoms with E-state index in [0.717, 1.165) is 19.3 Å². The predicted molar refractivity (Wildman–Crippen MR) is 94.1 cm³/mol. The van der Waals surface area contributed by atoms with Gasteiger partial charge >= 0.3 is 0 Å². The summed E-state index contributed by atoms with van der Waals surface area (Å²) in [5, 5.41) is 7.16. The lowest BCUT2D eigenvalue weighted by Crippen LogP contribution is -2.37. The van der Waals surface area contributed by atoms with Crippen LogP contribution in [-0.4, -0.2) is 39.6 Å². The van der Waals surface area contributed by atoms with E-state index in [1.807, 2.05) is 0 Å². The normalized spacial score (nSPS) is 15.4. The lowest BCUT2D eigenvalue weighted by Gasteiger charge is -2.19. The number of thiophene rings is 1. The molecule has 3 heterocycles. The zero-order valence-corrected chi connectivity index (χ0v) is 14.6. The van der Waals surface area contributed by atoms with E-state index in [1.165, 1.54) is 9.75 Å². The van der Waals surface area contributed by atoms with Gasteiger partial charge in [-0.05, 0) is 31.9 Å². The summed E-state index contributed by atoms with van der Waals surface area (Å²) in [4.78, 5) is 28.4. The first kappa shape index (κ1) is 16.7. The number of amides is 2. The number of carbonyl (C=O) groups excluding carboxylic acids is 2. The lowest BCUT2D eigenvalue weighted by atomic mass is 10.2. The maximum Gasteiger partial charge on any atom is 0.245 e. The fourth-order valence-corrected chi connectivity index (χ4v) is 3.72. The summed E-state index contributed by atoms with van der Waals surface area (Å²) in [7, 11) is 0. The molecule has 2 aromatic rings. The number of carbonyl (C=O) groups is 2. The summed E-state index contributed by atoms with van der Waals surface area (Å²) in [6, 6.07) is 5.93. The highest BCUT2D eigenvalue weighted by molar-refractivity contribution is 7.11. The number of aromatic nitrogens is 2. The zero-order chi connectivity index (χ0) is 16.9. The molecule has 1 fully saturated rings. The molecule has 7 heteroatoms. The molecule has 0 radical (unpaired) electrons. The van der Waals surface area contributed by atoms with Crippen LogP contribution in [0.25, 0.3) is 0 Å². The molecule has 1 aliphatic rings. The molecular formula is C17H22N4O2S. The molecule has 0 atom stereocenters. The van der Waals surface area contributed by atoms with Gasteiger partial charge in [0, 0.05) is 28.8 Å². The molecule has 1 aliphatic heterocycles. The standard InChI is InChI=1S/C17H22N4O2S/c1-13-6-7-14(24-13)11-21-15(8-9-18-21)19-16(22)12-20-10-4-2-3-5-17(20)23/h6-9H,2-5,10-12H2,1H3,(H,19,22). The third kappa shape index (κ3) is 4.23. The van der Waals surface area contributed by atoms with E-state index in [2.05, 4.69) is 29.5 Å². The van der Waals surface area contributed by atoms with E-state index < -0.39 is 0 Å². The fraction of sp³-hybridized carbons (Fsp3) is 0.471. The number of nitrogens with one attached hydrogen (secondary N) is 1. The third-order valence-electron chi connectivity index (χ3n) is 4.09. The predicted octanol–water partition coefficient (Wildman–Crippen LogP) is 2.64. The Bertz CT molecular complexity index is 722. The van der Waals surface area contributed by atoms with Crippen molar-refractivity contribution in [2.75, 3.05) is 18.4 Å². The lowest BCUT2D eigenvalue weighted by molar-refractivity contribution is -0.134. The molecule has 1 saturated heterocycles. The molecule has 24 heavy (non-hydrogen) atoms. The first-order valence-electron chi connectivity index (χ1n) is 8.26. The van der Waals surface area contributed by atoms with E-state index in [9.17, 15) is 9.59 Å². The zero-order valence-electron chi connectivity index (χ0n) is 13.8. The molecule has 2 amide bonds. The highest BCUT2D eigenvalue weighted by Crippen LogP contribution is 2.18. The Morgan fingerprint density at radius 1 is 1.29 bits per heavy atom. The van der Waals surface area contributed by atoms with Gasteiger partial charge in [-0.25, -0.2) is 4.68 Å². The number of nitrogens with zero attached hydrogens (tertiary/aromatic N) is 3. The second-order valence-corrected chi connectivity index (χ2v) is 7.43. The first-order valence-corrected chi connectivity index (χ1v) is 9.08. The van der Waals surface area contributed by atoms with Crippen molar-refractivity contribution in [2.45, 2.75) is 39.2 Å². The molecular weight excluding hydrogens is 324 g/mol. The van der Waals surface area contributed by atoms with Crippen molar-refractivity contribution in [1.82, 2.24) is 14.7 Å². The van der Waals surface area contributed by atoms with Gasteiger partial charge in [0.2, 0.25) is 11.8 Å². The maximum atomic E-state index is 12.3. The van der Waals surface area contributed by atoms with Gasteiger partial charge in [0.1, 0.15) is 5.82 Å². The molecule has 0 saturated carbocycles. The van der Waals surface area contributed by atoms with E-state index in [4.69, 9.17) is 0 Å². The fourth-order valence-electron chi connectivity index (χ4n) is 2.84. The van der Waals surface area contributed by atoms with Crippen LogP contribution in [0.2, 0.25) is 0 Å². The van der Waals surface area contributed by atoms with Crippen LogP contribution in [-0.2, 0) is 16.1 Å². The van der Waals surface area contributed by atoms with Gasteiger partial charge < -0.3 is 10.2 Å². The molecule has 0 aromatic carbocycles. The van der Waals surface area contributed by atoms with Crippen molar-refractivity contribution >= 4 is 29.0 Å². The third-order valence-corrected chi connectivity index (χ3v) is 5.08. The number of anilines is 1. The second-order valence-electron chi connectivity index (χ2n) is 6.06. The van der Waals surface area contributed by atoms with Crippen LogP contribution < -0.4 is 5.32 Å². The highest BCUT2D eigenvalue weighted by atomic mass is 32.1. The van der Waals surface area contributed by atoms with Gasteiger partial charge in [-0.15, -0.1) is 11.3 Å². The molecule has 2 aromatic heterocycles. The largest absolute Gasteiger partial charge is 0.333 e. The van der Waals surface area contributed by atoms with Crippen molar-refractivity contribution in [3.63, 3.8) is 0 Å². The Hall–Kier alpha value is -2.15.